The van der Waals surface area contributed by atoms with E-state index in [0.717, 1.165) is 30.0 Å². The van der Waals surface area contributed by atoms with E-state index in [1.807, 2.05) is 31.2 Å². The highest BCUT2D eigenvalue weighted by atomic mass is 16.1. The van der Waals surface area contributed by atoms with E-state index >= 15 is 0 Å². The lowest BCUT2D eigenvalue weighted by atomic mass is 10.2. The van der Waals surface area contributed by atoms with Crippen LogP contribution in [-0.2, 0) is 6.54 Å². The minimum absolute atomic E-state index is 0.0114. The van der Waals surface area contributed by atoms with Gasteiger partial charge in [-0.2, -0.15) is 0 Å². The number of aryl methyl sites for hydroxylation is 2. The van der Waals surface area contributed by atoms with E-state index < -0.39 is 0 Å². The Bertz CT molecular complexity index is 783. The van der Waals surface area contributed by atoms with E-state index in [1.165, 1.54) is 0 Å². The fourth-order valence-corrected chi connectivity index (χ4v) is 2.39. The largest absolute Gasteiger partial charge is 0.339 e. The number of imidazole rings is 1. The van der Waals surface area contributed by atoms with Crippen LogP contribution in [-0.4, -0.2) is 14.5 Å². The molecule has 1 N–H and O–H groups in total. The number of H-pyrrole nitrogens is 1. The average Bonchev–Trinajstić information content (AvgIpc) is 2.68. The molecule has 0 saturated carbocycles. The van der Waals surface area contributed by atoms with E-state index in [0.29, 0.717) is 10.9 Å². The highest BCUT2D eigenvalue weighted by Gasteiger charge is 2.12. The minimum Gasteiger partial charge on any atom is -0.339 e. The summed E-state index contributed by atoms with van der Waals surface area (Å²) in [5, 5.41) is 0.700. The van der Waals surface area contributed by atoms with Gasteiger partial charge >= 0.3 is 0 Å². The third kappa shape index (κ3) is 1.45. The number of rotatable bonds is 2. The van der Waals surface area contributed by atoms with Crippen LogP contribution in [0.4, 0.5) is 0 Å². The predicted octanol–water partition coefficient (Wildman–Crippen LogP) is 2.60. The third-order valence-corrected chi connectivity index (χ3v) is 3.25. The smallest absolute Gasteiger partial charge is 0.217 e. The number of hydrogen-bond acceptors (Lipinski definition) is 2. The fourth-order valence-electron chi connectivity index (χ4n) is 2.39. The SMILES string of the molecule is CCCn1c(C)nc2c(=O)c3ccccc3[nH]c21. The highest BCUT2D eigenvalue weighted by molar-refractivity contribution is 5.89. The van der Waals surface area contributed by atoms with Crippen molar-refractivity contribution < 1.29 is 0 Å². The van der Waals surface area contributed by atoms with Gasteiger partial charge in [0.2, 0.25) is 5.43 Å². The molecule has 0 aliphatic rings. The number of nitrogens with one attached hydrogen (secondary N) is 1. The molecule has 0 spiro atoms. The molecule has 0 aliphatic heterocycles. The Morgan fingerprint density at radius 3 is 2.89 bits per heavy atom. The Morgan fingerprint density at radius 1 is 1.33 bits per heavy atom. The van der Waals surface area contributed by atoms with E-state index in [-0.39, 0.29) is 5.43 Å². The standard InChI is InChI=1S/C14H15N3O/c1-3-8-17-9(2)15-12-13(18)10-6-4-5-7-11(10)16-14(12)17/h4-7H,3,8H2,1-2H3,(H,16,18). The Balaban J connectivity index is 2.48. The maximum absolute atomic E-state index is 12.4. The first-order chi connectivity index (χ1) is 8.72. The van der Waals surface area contributed by atoms with Crippen molar-refractivity contribution >= 4 is 22.1 Å². The summed E-state index contributed by atoms with van der Waals surface area (Å²) >= 11 is 0. The van der Waals surface area contributed by atoms with Crippen molar-refractivity contribution in [3.63, 3.8) is 0 Å². The molecule has 0 fully saturated rings. The molecule has 0 amide bonds. The summed E-state index contributed by atoms with van der Waals surface area (Å²) in [7, 11) is 0. The maximum atomic E-state index is 12.4. The number of para-hydroxylation sites is 1. The van der Waals surface area contributed by atoms with Crippen molar-refractivity contribution in [2.75, 3.05) is 0 Å². The molecule has 0 atom stereocenters. The Hall–Kier alpha value is -2.10. The van der Waals surface area contributed by atoms with Crippen LogP contribution >= 0.6 is 0 Å². The van der Waals surface area contributed by atoms with Gasteiger partial charge in [-0.25, -0.2) is 4.98 Å². The minimum atomic E-state index is 0.0114. The molecule has 3 rings (SSSR count). The predicted molar refractivity (Wildman–Crippen MR) is 72.9 cm³/mol. The van der Waals surface area contributed by atoms with Crippen LogP contribution < -0.4 is 5.43 Å². The number of nitrogens with zero attached hydrogens (tertiary/aromatic N) is 2. The summed E-state index contributed by atoms with van der Waals surface area (Å²) in [6.45, 7) is 4.93. The van der Waals surface area contributed by atoms with E-state index in [1.54, 1.807) is 0 Å². The number of aromatic nitrogens is 3. The second kappa shape index (κ2) is 3.98. The van der Waals surface area contributed by atoms with Crippen molar-refractivity contribution in [3.8, 4) is 0 Å². The first-order valence-corrected chi connectivity index (χ1v) is 6.20. The lowest BCUT2D eigenvalue weighted by molar-refractivity contribution is 0.671. The van der Waals surface area contributed by atoms with Gasteiger partial charge in [0.05, 0.1) is 5.52 Å². The average molecular weight is 241 g/mol. The summed E-state index contributed by atoms with van der Waals surface area (Å²) in [5.74, 6) is 0.885. The molecule has 2 heterocycles. The topological polar surface area (TPSA) is 50.7 Å². The number of aromatic amines is 1. The second-order valence-corrected chi connectivity index (χ2v) is 4.51. The molecule has 0 bridgehead atoms. The Kier molecular flexibility index (Phi) is 2.44. The van der Waals surface area contributed by atoms with Gasteiger partial charge in [0, 0.05) is 11.9 Å². The first kappa shape index (κ1) is 11.0. The summed E-state index contributed by atoms with van der Waals surface area (Å²) in [6, 6.07) is 7.56. The molecule has 92 valence electrons. The molecule has 2 aromatic heterocycles. The van der Waals surface area contributed by atoms with Crippen LogP contribution in [0.5, 0.6) is 0 Å². The van der Waals surface area contributed by atoms with E-state index in [9.17, 15) is 4.79 Å². The number of hydrogen-bond donors (Lipinski definition) is 1. The van der Waals surface area contributed by atoms with Crippen LogP contribution in [0.1, 0.15) is 19.2 Å². The van der Waals surface area contributed by atoms with Gasteiger partial charge in [-0.05, 0) is 25.5 Å². The summed E-state index contributed by atoms with van der Waals surface area (Å²) < 4.78 is 2.07. The Morgan fingerprint density at radius 2 is 2.11 bits per heavy atom. The molecular formula is C14H15N3O. The molecule has 0 saturated heterocycles. The lowest BCUT2D eigenvalue weighted by Crippen LogP contribution is -2.06. The van der Waals surface area contributed by atoms with Gasteiger partial charge in [-0.1, -0.05) is 19.1 Å². The second-order valence-electron chi connectivity index (χ2n) is 4.51. The van der Waals surface area contributed by atoms with Crippen LogP contribution in [0.3, 0.4) is 0 Å². The van der Waals surface area contributed by atoms with Crippen molar-refractivity contribution in [1.29, 1.82) is 0 Å². The van der Waals surface area contributed by atoms with Crippen LogP contribution in [0.2, 0.25) is 0 Å². The summed E-state index contributed by atoms with van der Waals surface area (Å²) in [6.07, 6.45) is 1.02. The number of benzene rings is 1. The van der Waals surface area contributed by atoms with Gasteiger partial charge in [-0.15, -0.1) is 0 Å². The zero-order chi connectivity index (χ0) is 12.7. The first-order valence-electron chi connectivity index (χ1n) is 6.20. The fraction of sp³-hybridized carbons (Fsp3) is 0.286. The molecule has 3 aromatic rings. The van der Waals surface area contributed by atoms with Gasteiger partial charge in [0.1, 0.15) is 11.5 Å². The molecule has 4 nitrogen and oxygen atoms in total. The third-order valence-electron chi connectivity index (χ3n) is 3.25. The lowest BCUT2D eigenvalue weighted by Gasteiger charge is -2.05. The van der Waals surface area contributed by atoms with Gasteiger partial charge < -0.3 is 9.55 Å². The molecule has 18 heavy (non-hydrogen) atoms. The molecular weight excluding hydrogens is 226 g/mol. The van der Waals surface area contributed by atoms with Crippen molar-refractivity contribution in [2.24, 2.45) is 0 Å². The highest BCUT2D eigenvalue weighted by Crippen LogP contribution is 2.16. The quantitative estimate of drug-likeness (QED) is 0.749. The number of fused-ring (bicyclic) bond motifs is 2. The van der Waals surface area contributed by atoms with Gasteiger partial charge in [0.15, 0.2) is 5.52 Å². The van der Waals surface area contributed by atoms with Crippen LogP contribution in [0.15, 0.2) is 29.1 Å². The molecule has 0 aliphatic carbocycles. The summed E-state index contributed by atoms with van der Waals surface area (Å²) in [4.78, 5) is 20.1. The van der Waals surface area contributed by atoms with Crippen molar-refractivity contribution in [1.82, 2.24) is 14.5 Å². The monoisotopic (exact) mass is 241 g/mol. The molecule has 1 aromatic carbocycles. The zero-order valence-electron chi connectivity index (χ0n) is 10.5. The zero-order valence-corrected chi connectivity index (χ0v) is 10.5. The normalized spacial score (nSPS) is 11.4. The number of pyridine rings is 1. The van der Waals surface area contributed by atoms with Crippen LogP contribution in [0.25, 0.3) is 22.1 Å². The molecule has 0 radical (unpaired) electrons. The van der Waals surface area contributed by atoms with E-state index in [4.69, 9.17) is 0 Å². The van der Waals surface area contributed by atoms with Crippen LogP contribution in [0, 0.1) is 6.92 Å². The van der Waals surface area contributed by atoms with Gasteiger partial charge in [0.25, 0.3) is 0 Å². The van der Waals surface area contributed by atoms with Gasteiger partial charge in [-0.3, -0.25) is 4.79 Å². The van der Waals surface area contributed by atoms with Crippen molar-refractivity contribution in [3.05, 3.63) is 40.3 Å². The summed E-state index contributed by atoms with van der Waals surface area (Å²) in [5.41, 5.74) is 2.25. The maximum Gasteiger partial charge on any atom is 0.217 e. The van der Waals surface area contributed by atoms with Crippen molar-refractivity contribution in [2.45, 2.75) is 26.8 Å². The Labute approximate surface area is 104 Å². The van der Waals surface area contributed by atoms with E-state index in [2.05, 4.69) is 21.5 Å². The molecule has 0 unspecified atom stereocenters. The molecule has 4 heteroatoms.